The average molecular weight is 250 g/mol. The number of hydrogen-bond donors (Lipinski definition) is 0. The van der Waals surface area contributed by atoms with Gasteiger partial charge < -0.3 is 9.47 Å². The van der Waals surface area contributed by atoms with E-state index in [1.54, 1.807) is 12.1 Å². The van der Waals surface area contributed by atoms with E-state index in [0.717, 1.165) is 0 Å². The molecule has 98 valence electrons. The Labute approximate surface area is 107 Å². The third kappa shape index (κ3) is 3.58. The Hall–Kier alpha value is -1.84. The normalized spacial score (nSPS) is 10.3. The van der Waals surface area contributed by atoms with Crippen LogP contribution in [0.3, 0.4) is 0 Å². The number of ketones is 1. The van der Waals surface area contributed by atoms with Crippen molar-refractivity contribution in [2.75, 3.05) is 13.7 Å². The zero-order chi connectivity index (χ0) is 13.7. The number of benzene rings is 1. The predicted molar refractivity (Wildman–Crippen MR) is 68.1 cm³/mol. The Bertz CT molecular complexity index is 449. The first-order valence-electron chi connectivity index (χ1n) is 5.81. The van der Waals surface area contributed by atoms with Gasteiger partial charge in [-0.3, -0.25) is 4.79 Å². The average Bonchev–Trinajstić information content (AvgIpc) is 2.34. The monoisotopic (exact) mass is 250 g/mol. The number of Topliss-reactive ketones (excluding diaryl/α,β-unsaturated/α-hetero) is 1. The van der Waals surface area contributed by atoms with E-state index >= 15 is 0 Å². The molecule has 1 rings (SSSR count). The van der Waals surface area contributed by atoms with Crippen LogP contribution in [0.2, 0.25) is 0 Å². The second kappa shape index (κ2) is 6.19. The van der Waals surface area contributed by atoms with Crippen LogP contribution in [0, 0.1) is 5.92 Å². The smallest absolute Gasteiger partial charge is 0.341 e. The lowest BCUT2D eigenvalue weighted by Crippen LogP contribution is -2.10. The number of ether oxygens (including phenoxy) is 2. The SMILES string of the molecule is COC(=O)c1cc(C(C)=O)ccc1OCC(C)C. The van der Waals surface area contributed by atoms with E-state index in [9.17, 15) is 9.59 Å². The molecule has 0 atom stereocenters. The van der Waals surface area contributed by atoms with Crippen molar-refractivity contribution in [3.8, 4) is 5.75 Å². The first kappa shape index (κ1) is 14.2. The maximum absolute atomic E-state index is 11.6. The highest BCUT2D eigenvalue weighted by Crippen LogP contribution is 2.22. The first-order chi connectivity index (χ1) is 8.45. The molecule has 0 amide bonds. The number of esters is 1. The molecule has 0 fully saturated rings. The van der Waals surface area contributed by atoms with E-state index in [-0.39, 0.29) is 11.3 Å². The van der Waals surface area contributed by atoms with Crippen molar-refractivity contribution >= 4 is 11.8 Å². The Morgan fingerprint density at radius 1 is 1.28 bits per heavy atom. The summed E-state index contributed by atoms with van der Waals surface area (Å²) in [6, 6.07) is 4.78. The van der Waals surface area contributed by atoms with Crippen LogP contribution >= 0.6 is 0 Å². The van der Waals surface area contributed by atoms with Crippen LogP contribution in [0.25, 0.3) is 0 Å². The molecule has 0 radical (unpaired) electrons. The lowest BCUT2D eigenvalue weighted by atomic mass is 10.1. The Morgan fingerprint density at radius 2 is 1.94 bits per heavy atom. The summed E-state index contributed by atoms with van der Waals surface area (Å²) in [4.78, 5) is 22.9. The summed E-state index contributed by atoms with van der Waals surface area (Å²) < 4.78 is 10.2. The van der Waals surface area contributed by atoms with Gasteiger partial charge in [0.15, 0.2) is 5.78 Å². The van der Waals surface area contributed by atoms with E-state index in [2.05, 4.69) is 4.74 Å². The van der Waals surface area contributed by atoms with Crippen LogP contribution in [0.4, 0.5) is 0 Å². The molecule has 4 heteroatoms. The van der Waals surface area contributed by atoms with Gasteiger partial charge in [-0.05, 0) is 31.0 Å². The fourth-order valence-electron chi connectivity index (χ4n) is 1.40. The lowest BCUT2D eigenvalue weighted by molar-refractivity contribution is 0.0595. The minimum absolute atomic E-state index is 0.101. The third-order valence-corrected chi connectivity index (χ3v) is 2.36. The van der Waals surface area contributed by atoms with Crippen molar-refractivity contribution in [2.24, 2.45) is 5.92 Å². The number of carbonyl (C=O) groups is 2. The van der Waals surface area contributed by atoms with E-state index in [1.165, 1.54) is 20.1 Å². The molecule has 1 aromatic carbocycles. The fourth-order valence-corrected chi connectivity index (χ4v) is 1.40. The van der Waals surface area contributed by atoms with Crippen LogP contribution in [0.5, 0.6) is 5.75 Å². The van der Waals surface area contributed by atoms with E-state index < -0.39 is 5.97 Å². The molecule has 0 aliphatic rings. The topological polar surface area (TPSA) is 52.6 Å². The number of rotatable bonds is 5. The molecule has 0 N–H and O–H groups in total. The number of carbonyl (C=O) groups excluding carboxylic acids is 2. The molecule has 18 heavy (non-hydrogen) atoms. The van der Waals surface area contributed by atoms with Crippen LogP contribution in [0.1, 0.15) is 41.5 Å². The molecular formula is C14H18O4. The van der Waals surface area contributed by atoms with Gasteiger partial charge in [0.25, 0.3) is 0 Å². The van der Waals surface area contributed by atoms with Crippen LogP contribution in [0.15, 0.2) is 18.2 Å². The molecule has 0 spiro atoms. The highest BCUT2D eigenvalue weighted by atomic mass is 16.5. The molecule has 0 saturated carbocycles. The number of methoxy groups -OCH3 is 1. The second-order valence-electron chi connectivity index (χ2n) is 4.46. The van der Waals surface area contributed by atoms with Crippen molar-refractivity contribution in [3.05, 3.63) is 29.3 Å². The van der Waals surface area contributed by atoms with Gasteiger partial charge in [-0.1, -0.05) is 13.8 Å². The van der Waals surface area contributed by atoms with Gasteiger partial charge in [0, 0.05) is 5.56 Å². The van der Waals surface area contributed by atoms with Gasteiger partial charge in [-0.25, -0.2) is 4.79 Å². The standard InChI is InChI=1S/C14H18O4/c1-9(2)8-18-13-6-5-11(10(3)15)7-12(13)14(16)17-4/h5-7,9H,8H2,1-4H3. The molecule has 0 bridgehead atoms. The van der Waals surface area contributed by atoms with Crippen LogP contribution in [-0.2, 0) is 4.74 Å². The fraction of sp³-hybridized carbons (Fsp3) is 0.429. The van der Waals surface area contributed by atoms with Crippen molar-refractivity contribution in [1.82, 2.24) is 0 Å². The maximum Gasteiger partial charge on any atom is 0.341 e. The Kier molecular flexibility index (Phi) is 4.89. The molecule has 0 heterocycles. The van der Waals surface area contributed by atoms with Gasteiger partial charge in [-0.2, -0.15) is 0 Å². The quantitative estimate of drug-likeness (QED) is 0.595. The van der Waals surface area contributed by atoms with Gasteiger partial charge in [0.1, 0.15) is 11.3 Å². The Morgan fingerprint density at radius 3 is 2.44 bits per heavy atom. The minimum atomic E-state index is -0.503. The first-order valence-corrected chi connectivity index (χ1v) is 5.81. The molecule has 0 aromatic heterocycles. The maximum atomic E-state index is 11.6. The zero-order valence-corrected chi connectivity index (χ0v) is 11.1. The van der Waals surface area contributed by atoms with E-state index in [4.69, 9.17) is 4.74 Å². The van der Waals surface area contributed by atoms with Gasteiger partial charge in [0.05, 0.1) is 13.7 Å². The minimum Gasteiger partial charge on any atom is -0.492 e. The van der Waals surface area contributed by atoms with Crippen LogP contribution < -0.4 is 4.74 Å². The second-order valence-corrected chi connectivity index (χ2v) is 4.46. The molecule has 1 aromatic rings. The summed E-state index contributed by atoms with van der Waals surface area (Å²) in [5.41, 5.74) is 0.748. The summed E-state index contributed by atoms with van der Waals surface area (Å²) in [7, 11) is 1.30. The van der Waals surface area contributed by atoms with Crippen LogP contribution in [-0.4, -0.2) is 25.5 Å². The van der Waals surface area contributed by atoms with Crippen molar-refractivity contribution in [3.63, 3.8) is 0 Å². The van der Waals surface area contributed by atoms with Gasteiger partial charge in [0.2, 0.25) is 0 Å². The predicted octanol–water partition coefficient (Wildman–Crippen LogP) is 2.71. The summed E-state index contributed by atoms with van der Waals surface area (Å²) in [5, 5.41) is 0. The lowest BCUT2D eigenvalue weighted by Gasteiger charge is -2.12. The van der Waals surface area contributed by atoms with Crippen molar-refractivity contribution in [2.45, 2.75) is 20.8 Å². The molecule has 0 aliphatic heterocycles. The number of hydrogen-bond acceptors (Lipinski definition) is 4. The molecular weight excluding hydrogens is 232 g/mol. The van der Waals surface area contributed by atoms with E-state index in [0.29, 0.717) is 23.8 Å². The summed E-state index contributed by atoms with van der Waals surface area (Å²) >= 11 is 0. The zero-order valence-electron chi connectivity index (χ0n) is 11.1. The summed E-state index contributed by atoms with van der Waals surface area (Å²) in [6.45, 7) is 5.98. The van der Waals surface area contributed by atoms with Gasteiger partial charge >= 0.3 is 5.97 Å². The molecule has 0 aliphatic carbocycles. The molecule has 4 nitrogen and oxygen atoms in total. The summed E-state index contributed by atoms with van der Waals surface area (Å²) in [6.07, 6.45) is 0. The third-order valence-electron chi connectivity index (χ3n) is 2.36. The highest BCUT2D eigenvalue weighted by Gasteiger charge is 2.15. The van der Waals surface area contributed by atoms with Gasteiger partial charge in [-0.15, -0.1) is 0 Å². The highest BCUT2D eigenvalue weighted by molar-refractivity contribution is 5.99. The summed E-state index contributed by atoms with van der Waals surface area (Å²) in [5.74, 6) is 0.191. The largest absolute Gasteiger partial charge is 0.492 e. The van der Waals surface area contributed by atoms with Crippen molar-refractivity contribution in [1.29, 1.82) is 0 Å². The van der Waals surface area contributed by atoms with Crippen molar-refractivity contribution < 1.29 is 19.1 Å². The molecule has 0 unspecified atom stereocenters. The Balaban J connectivity index is 3.08. The van der Waals surface area contributed by atoms with E-state index in [1.807, 2.05) is 13.8 Å². The molecule has 0 saturated heterocycles.